The van der Waals surface area contributed by atoms with Crippen LogP contribution < -0.4 is 10.1 Å². The van der Waals surface area contributed by atoms with E-state index in [1.165, 1.54) is 0 Å². The Morgan fingerprint density at radius 1 is 0.879 bits per heavy atom. The van der Waals surface area contributed by atoms with Crippen molar-refractivity contribution < 1.29 is 14.3 Å². The Morgan fingerprint density at radius 3 is 2.12 bits per heavy atom. The van der Waals surface area contributed by atoms with Crippen LogP contribution in [0, 0.1) is 0 Å². The number of nitrogens with one attached hydrogen (secondary N) is 1. The topological polar surface area (TPSA) is 58.6 Å². The van der Waals surface area contributed by atoms with E-state index in [9.17, 15) is 9.59 Å². The summed E-state index contributed by atoms with van der Waals surface area (Å²) in [5.41, 5.74) is 2.84. The number of carbonyl (C=O) groups excluding carboxylic acids is 2. The summed E-state index contributed by atoms with van der Waals surface area (Å²) in [6.07, 6.45) is 1.77. The van der Waals surface area contributed by atoms with Gasteiger partial charge in [0.2, 0.25) is 11.8 Å². The van der Waals surface area contributed by atoms with Crippen LogP contribution in [0.15, 0.2) is 84.9 Å². The zero-order chi connectivity index (χ0) is 23.5. The van der Waals surface area contributed by atoms with Crippen molar-refractivity contribution in [2.45, 2.75) is 38.8 Å². The van der Waals surface area contributed by atoms with Gasteiger partial charge in [-0.15, -0.1) is 0 Å². The molecule has 0 radical (unpaired) electrons. The number of benzene rings is 3. The molecule has 3 aromatic rings. The first kappa shape index (κ1) is 24.1. The van der Waals surface area contributed by atoms with Gasteiger partial charge in [-0.3, -0.25) is 9.59 Å². The van der Waals surface area contributed by atoms with E-state index in [4.69, 9.17) is 4.74 Å². The van der Waals surface area contributed by atoms with Gasteiger partial charge in [0.25, 0.3) is 0 Å². The summed E-state index contributed by atoms with van der Waals surface area (Å²) in [6, 6.07) is 26.4. The highest BCUT2D eigenvalue weighted by atomic mass is 16.5. The smallest absolute Gasteiger partial charge is 0.247 e. The number of nitrogens with zero attached hydrogens (tertiary/aromatic N) is 1. The van der Waals surface area contributed by atoms with Crippen LogP contribution in [0.3, 0.4) is 0 Å². The average Bonchev–Trinajstić information content (AvgIpc) is 2.87. The van der Waals surface area contributed by atoms with Crippen LogP contribution in [0.25, 0.3) is 0 Å². The van der Waals surface area contributed by atoms with E-state index >= 15 is 0 Å². The Morgan fingerprint density at radius 2 is 1.52 bits per heavy atom. The SMILES string of the molecule is CCCNC(=O)C(c1ccccc1)N(Cc1ccc(OC)cc1)C(=O)CCc1ccccc1. The summed E-state index contributed by atoms with van der Waals surface area (Å²) in [4.78, 5) is 28.5. The molecule has 5 nitrogen and oxygen atoms in total. The third-order valence-electron chi connectivity index (χ3n) is 5.53. The van der Waals surface area contributed by atoms with Crippen LogP contribution in [0.2, 0.25) is 0 Å². The Labute approximate surface area is 196 Å². The lowest BCUT2D eigenvalue weighted by Crippen LogP contribution is -2.43. The molecule has 0 aliphatic heterocycles. The van der Waals surface area contributed by atoms with Gasteiger partial charge >= 0.3 is 0 Å². The summed E-state index contributed by atoms with van der Waals surface area (Å²) < 4.78 is 5.26. The minimum Gasteiger partial charge on any atom is -0.497 e. The zero-order valence-electron chi connectivity index (χ0n) is 19.4. The third-order valence-corrected chi connectivity index (χ3v) is 5.53. The molecular weight excluding hydrogens is 412 g/mol. The van der Waals surface area contributed by atoms with Crippen LogP contribution in [0.1, 0.15) is 42.5 Å². The molecule has 3 aromatic carbocycles. The average molecular weight is 445 g/mol. The van der Waals surface area contributed by atoms with Gasteiger partial charge in [-0.2, -0.15) is 0 Å². The number of amides is 2. The first-order valence-corrected chi connectivity index (χ1v) is 11.4. The molecule has 2 amide bonds. The second-order valence-corrected chi connectivity index (χ2v) is 7.96. The van der Waals surface area contributed by atoms with Gasteiger partial charge in [0.05, 0.1) is 7.11 Å². The molecule has 0 fully saturated rings. The van der Waals surface area contributed by atoms with Crippen LogP contribution in [0.4, 0.5) is 0 Å². The molecule has 1 unspecified atom stereocenters. The van der Waals surface area contributed by atoms with E-state index in [1.54, 1.807) is 12.0 Å². The molecule has 0 saturated heterocycles. The Hall–Kier alpha value is -3.60. The summed E-state index contributed by atoms with van der Waals surface area (Å²) >= 11 is 0. The molecule has 0 aliphatic rings. The van der Waals surface area contributed by atoms with Crippen molar-refractivity contribution in [1.82, 2.24) is 10.2 Å². The van der Waals surface area contributed by atoms with E-state index in [0.29, 0.717) is 25.9 Å². The number of hydrogen-bond acceptors (Lipinski definition) is 3. The van der Waals surface area contributed by atoms with Crippen LogP contribution in [-0.4, -0.2) is 30.4 Å². The van der Waals surface area contributed by atoms with E-state index < -0.39 is 6.04 Å². The largest absolute Gasteiger partial charge is 0.497 e. The van der Waals surface area contributed by atoms with Crippen molar-refractivity contribution in [3.05, 3.63) is 102 Å². The second-order valence-electron chi connectivity index (χ2n) is 7.96. The number of carbonyl (C=O) groups is 2. The lowest BCUT2D eigenvalue weighted by molar-refractivity contribution is -0.141. The van der Waals surface area contributed by atoms with Crippen molar-refractivity contribution in [3.63, 3.8) is 0 Å². The van der Waals surface area contributed by atoms with Crippen LogP contribution in [0.5, 0.6) is 5.75 Å². The molecule has 1 N–H and O–H groups in total. The molecule has 3 rings (SSSR count). The molecule has 0 heterocycles. The standard InChI is InChI=1S/C28H32N2O3/c1-3-20-29-28(32)27(24-12-8-5-9-13-24)30(21-23-14-17-25(33-2)18-15-23)26(31)19-16-22-10-6-4-7-11-22/h4-15,17-18,27H,3,16,19-21H2,1-2H3,(H,29,32). The van der Waals surface area contributed by atoms with Crippen molar-refractivity contribution in [1.29, 1.82) is 0 Å². The fourth-order valence-electron chi connectivity index (χ4n) is 3.74. The Bertz CT molecular complexity index is 1000. The minimum absolute atomic E-state index is 0.0600. The number of rotatable bonds is 11. The van der Waals surface area contributed by atoms with E-state index in [2.05, 4.69) is 5.32 Å². The van der Waals surface area contributed by atoms with Crippen molar-refractivity contribution in [3.8, 4) is 5.75 Å². The summed E-state index contributed by atoms with van der Waals surface area (Å²) in [6.45, 7) is 2.91. The Kier molecular flexibility index (Phi) is 9.07. The monoisotopic (exact) mass is 444 g/mol. The molecule has 0 aliphatic carbocycles. The lowest BCUT2D eigenvalue weighted by Gasteiger charge is -2.32. The fourth-order valence-corrected chi connectivity index (χ4v) is 3.74. The molecule has 33 heavy (non-hydrogen) atoms. The minimum atomic E-state index is -0.705. The first-order valence-electron chi connectivity index (χ1n) is 11.4. The quantitative estimate of drug-likeness (QED) is 0.456. The molecule has 5 heteroatoms. The molecule has 0 aromatic heterocycles. The predicted molar refractivity (Wildman–Crippen MR) is 131 cm³/mol. The summed E-state index contributed by atoms with van der Waals surface area (Å²) in [7, 11) is 1.62. The van der Waals surface area contributed by atoms with Gasteiger partial charge < -0.3 is 15.0 Å². The van der Waals surface area contributed by atoms with Gasteiger partial charge in [0.15, 0.2) is 0 Å². The van der Waals surface area contributed by atoms with Gasteiger partial charge in [0, 0.05) is 19.5 Å². The van der Waals surface area contributed by atoms with Crippen molar-refractivity contribution >= 4 is 11.8 Å². The molecule has 0 saturated carbocycles. The van der Waals surface area contributed by atoms with Gasteiger partial charge in [-0.1, -0.05) is 79.7 Å². The molecule has 0 spiro atoms. The van der Waals surface area contributed by atoms with Crippen molar-refractivity contribution in [2.75, 3.05) is 13.7 Å². The van der Waals surface area contributed by atoms with Gasteiger partial charge in [-0.05, 0) is 41.7 Å². The molecular formula is C28H32N2O3. The first-order chi connectivity index (χ1) is 16.1. The zero-order valence-corrected chi connectivity index (χ0v) is 19.4. The van der Waals surface area contributed by atoms with Gasteiger partial charge in [0.1, 0.15) is 11.8 Å². The maximum absolute atomic E-state index is 13.6. The van der Waals surface area contributed by atoms with Crippen LogP contribution in [-0.2, 0) is 22.6 Å². The van der Waals surface area contributed by atoms with Crippen LogP contribution >= 0.6 is 0 Å². The van der Waals surface area contributed by atoms with E-state index in [1.807, 2.05) is 91.9 Å². The highest BCUT2D eigenvalue weighted by molar-refractivity contribution is 5.88. The van der Waals surface area contributed by atoms with E-state index in [0.717, 1.165) is 28.9 Å². The normalized spacial score (nSPS) is 11.5. The van der Waals surface area contributed by atoms with E-state index in [-0.39, 0.29) is 11.8 Å². The predicted octanol–water partition coefficient (Wildman–Crippen LogP) is 4.92. The summed E-state index contributed by atoms with van der Waals surface area (Å²) in [5.74, 6) is 0.529. The summed E-state index contributed by atoms with van der Waals surface area (Å²) in [5, 5.41) is 2.99. The highest BCUT2D eigenvalue weighted by Gasteiger charge is 2.31. The molecule has 1 atom stereocenters. The second kappa shape index (κ2) is 12.4. The third kappa shape index (κ3) is 6.94. The number of aryl methyl sites for hydroxylation is 1. The lowest BCUT2D eigenvalue weighted by atomic mass is 10.0. The molecule has 0 bridgehead atoms. The number of methoxy groups -OCH3 is 1. The number of ether oxygens (including phenoxy) is 1. The maximum Gasteiger partial charge on any atom is 0.247 e. The fraction of sp³-hybridized carbons (Fsp3) is 0.286. The number of hydrogen-bond donors (Lipinski definition) is 1. The van der Waals surface area contributed by atoms with Gasteiger partial charge in [-0.25, -0.2) is 0 Å². The highest BCUT2D eigenvalue weighted by Crippen LogP contribution is 2.26. The molecule has 172 valence electrons. The maximum atomic E-state index is 13.6. The Balaban J connectivity index is 1.91. The van der Waals surface area contributed by atoms with Crippen molar-refractivity contribution in [2.24, 2.45) is 0 Å².